The molecule has 1 aliphatic heterocycles. The van der Waals surface area contributed by atoms with Crippen molar-refractivity contribution in [2.75, 3.05) is 25.1 Å². The Morgan fingerprint density at radius 3 is 2.68 bits per heavy atom. The van der Waals surface area contributed by atoms with Gasteiger partial charge in [0.2, 0.25) is 0 Å². The Hall–Kier alpha value is -1.01. The van der Waals surface area contributed by atoms with Crippen molar-refractivity contribution in [1.29, 1.82) is 0 Å². The summed E-state index contributed by atoms with van der Waals surface area (Å²) >= 11 is 0. The lowest BCUT2D eigenvalue weighted by Gasteiger charge is -2.27. The molecule has 2 rings (SSSR count). The van der Waals surface area contributed by atoms with Crippen LogP contribution < -0.4 is 5.32 Å². The molecule has 1 atom stereocenters. The number of rotatable bonds is 4. The van der Waals surface area contributed by atoms with Gasteiger partial charge in [-0.05, 0) is 43.7 Å². The minimum atomic E-state index is -3.08. The summed E-state index contributed by atoms with van der Waals surface area (Å²) in [4.78, 5) is 0. The summed E-state index contributed by atoms with van der Waals surface area (Å²) in [5, 5.41) is 2.96. The van der Waals surface area contributed by atoms with E-state index < -0.39 is 26.9 Å². The average Bonchev–Trinajstić information content (AvgIpc) is 2.60. The van der Waals surface area contributed by atoms with E-state index in [1.807, 2.05) is 0 Å². The summed E-state index contributed by atoms with van der Waals surface area (Å²) < 4.78 is 50.2. The van der Waals surface area contributed by atoms with E-state index in [0.29, 0.717) is 13.0 Å². The third-order valence-corrected chi connectivity index (χ3v) is 5.47. The van der Waals surface area contributed by atoms with Crippen molar-refractivity contribution in [3.05, 3.63) is 35.4 Å². The molecular formula is C13H17F2NO2S. The zero-order chi connectivity index (χ0) is 14.1. The molecular weight excluding hydrogens is 272 g/mol. The predicted molar refractivity (Wildman–Crippen MR) is 69.7 cm³/mol. The maximum atomic E-state index is 13.7. The largest absolute Gasteiger partial charge is 0.319 e. The van der Waals surface area contributed by atoms with Crippen molar-refractivity contribution in [1.82, 2.24) is 5.32 Å². The van der Waals surface area contributed by atoms with Crippen LogP contribution in [-0.4, -0.2) is 33.5 Å². The molecule has 1 unspecified atom stereocenters. The Labute approximate surface area is 111 Å². The Morgan fingerprint density at radius 2 is 2.11 bits per heavy atom. The molecule has 0 saturated carbocycles. The summed E-state index contributed by atoms with van der Waals surface area (Å²) in [5.41, 5.74) is -0.297. The highest BCUT2D eigenvalue weighted by Gasteiger charge is 2.42. The van der Waals surface area contributed by atoms with Crippen LogP contribution in [0.25, 0.3) is 0 Å². The topological polar surface area (TPSA) is 46.2 Å². The van der Waals surface area contributed by atoms with Crippen molar-refractivity contribution in [2.24, 2.45) is 5.41 Å². The first kappa shape index (κ1) is 14.4. The van der Waals surface area contributed by atoms with Gasteiger partial charge in [-0.3, -0.25) is 0 Å². The number of hydrogen-bond donors (Lipinski definition) is 1. The van der Waals surface area contributed by atoms with E-state index in [-0.39, 0.29) is 23.5 Å². The molecule has 1 N–H and O–H groups in total. The number of benzene rings is 1. The van der Waals surface area contributed by atoms with Crippen LogP contribution >= 0.6 is 0 Å². The third-order valence-electron chi connectivity index (χ3n) is 3.59. The van der Waals surface area contributed by atoms with Crippen LogP contribution in [0, 0.1) is 17.0 Å². The number of nitrogens with one attached hydrogen (secondary N) is 1. The Balaban J connectivity index is 2.29. The fourth-order valence-corrected chi connectivity index (χ4v) is 4.95. The second-order valence-electron chi connectivity index (χ2n) is 5.28. The van der Waals surface area contributed by atoms with E-state index in [1.165, 1.54) is 0 Å². The van der Waals surface area contributed by atoms with E-state index >= 15 is 0 Å². The van der Waals surface area contributed by atoms with Crippen LogP contribution in [0.3, 0.4) is 0 Å². The maximum absolute atomic E-state index is 13.7. The molecule has 106 valence electrons. The van der Waals surface area contributed by atoms with Gasteiger partial charge in [-0.1, -0.05) is 0 Å². The predicted octanol–water partition coefficient (Wildman–Crippen LogP) is 1.53. The molecule has 1 aromatic carbocycles. The van der Waals surface area contributed by atoms with E-state index in [4.69, 9.17) is 0 Å². The van der Waals surface area contributed by atoms with Gasteiger partial charge in [0.15, 0.2) is 9.84 Å². The zero-order valence-electron chi connectivity index (χ0n) is 10.7. The van der Waals surface area contributed by atoms with Crippen LogP contribution in [-0.2, 0) is 16.3 Å². The van der Waals surface area contributed by atoms with Crippen LogP contribution in [0.5, 0.6) is 0 Å². The van der Waals surface area contributed by atoms with Crippen LogP contribution in [0.15, 0.2) is 18.2 Å². The fourth-order valence-electron chi connectivity index (χ4n) is 2.78. The second-order valence-corrected chi connectivity index (χ2v) is 7.47. The van der Waals surface area contributed by atoms with Crippen LogP contribution in [0.1, 0.15) is 12.0 Å². The Kier molecular flexibility index (Phi) is 3.92. The van der Waals surface area contributed by atoms with Gasteiger partial charge in [-0.25, -0.2) is 17.2 Å². The van der Waals surface area contributed by atoms with E-state index in [2.05, 4.69) is 5.32 Å². The standard InChI is InChI=1S/C13H17F2NO2S/c1-16-8-13(4-5-19(17,18)9-13)7-10-6-11(14)2-3-12(10)15/h2-3,6,16H,4-5,7-9H2,1H3. The Morgan fingerprint density at radius 1 is 1.37 bits per heavy atom. The molecule has 1 aliphatic rings. The highest BCUT2D eigenvalue weighted by atomic mass is 32.2. The average molecular weight is 289 g/mol. The van der Waals surface area contributed by atoms with Gasteiger partial charge in [0.1, 0.15) is 11.6 Å². The first-order valence-electron chi connectivity index (χ1n) is 6.15. The quantitative estimate of drug-likeness (QED) is 0.914. The molecule has 6 heteroatoms. The van der Waals surface area contributed by atoms with Gasteiger partial charge in [0.05, 0.1) is 11.5 Å². The lowest BCUT2D eigenvalue weighted by atomic mass is 9.81. The van der Waals surface area contributed by atoms with Gasteiger partial charge in [0.25, 0.3) is 0 Å². The molecule has 3 nitrogen and oxygen atoms in total. The van der Waals surface area contributed by atoms with Crippen molar-refractivity contribution >= 4 is 9.84 Å². The monoisotopic (exact) mass is 289 g/mol. The molecule has 0 aromatic heterocycles. The van der Waals surface area contributed by atoms with Crippen LogP contribution in [0.2, 0.25) is 0 Å². The van der Waals surface area contributed by atoms with Crippen molar-refractivity contribution in [3.8, 4) is 0 Å². The summed E-state index contributed by atoms with van der Waals surface area (Å²) in [6.45, 7) is 0.474. The minimum Gasteiger partial charge on any atom is -0.319 e. The van der Waals surface area contributed by atoms with Crippen molar-refractivity contribution in [3.63, 3.8) is 0 Å². The lowest BCUT2D eigenvalue weighted by molar-refractivity contribution is 0.316. The summed E-state index contributed by atoms with van der Waals surface area (Å²) in [7, 11) is -1.34. The number of halogens is 2. The zero-order valence-corrected chi connectivity index (χ0v) is 11.6. The second kappa shape index (κ2) is 5.17. The van der Waals surface area contributed by atoms with E-state index in [9.17, 15) is 17.2 Å². The first-order chi connectivity index (χ1) is 8.86. The van der Waals surface area contributed by atoms with Gasteiger partial charge in [-0.2, -0.15) is 0 Å². The van der Waals surface area contributed by atoms with Gasteiger partial charge in [-0.15, -0.1) is 0 Å². The van der Waals surface area contributed by atoms with E-state index in [1.54, 1.807) is 7.05 Å². The fraction of sp³-hybridized carbons (Fsp3) is 0.538. The number of hydrogen-bond acceptors (Lipinski definition) is 3. The molecule has 0 radical (unpaired) electrons. The summed E-state index contributed by atoms with van der Waals surface area (Å²) in [6, 6.07) is 3.30. The smallest absolute Gasteiger partial charge is 0.150 e. The molecule has 0 bridgehead atoms. The summed E-state index contributed by atoms with van der Waals surface area (Å²) in [5.74, 6) is -0.847. The van der Waals surface area contributed by atoms with Crippen molar-refractivity contribution < 1.29 is 17.2 Å². The highest BCUT2D eigenvalue weighted by Crippen LogP contribution is 2.36. The van der Waals surface area contributed by atoms with E-state index in [0.717, 1.165) is 18.2 Å². The van der Waals surface area contributed by atoms with Gasteiger partial charge >= 0.3 is 0 Å². The molecule has 0 aliphatic carbocycles. The highest BCUT2D eigenvalue weighted by molar-refractivity contribution is 7.91. The van der Waals surface area contributed by atoms with Gasteiger partial charge < -0.3 is 5.32 Å². The van der Waals surface area contributed by atoms with Crippen molar-refractivity contribution in [2.45, 2.75) is 12.8 Å². The molecule has 1 heterocycles. The normalized spacial score (nSPS) is 25.6. The third kappa shape index (κ3) is 3.30. The van der Waals surface area contributed by atoms with Gasteiger partial charge in [0, 0.05) is 12.0 Å². The lowest BCUT2D eigenvalue weighted by Crippen LogP contribution is -2.36. The molecule has 0 spiro atoms. The molecule has 1 fully saturated rings. The molecule has 1 aromatic rings. The molecule has 1 saturated heterocycles. The minimum absolute atomic E-state index is 0.0246. The number of sulfone groups is 1. The molecule has 0 amide bonds. The Bertz CT molecular complexity index is 574. The van der Waals surface area contributed by atoms with Crippen LogP contribution in [0.4, 0.5) is 8.78 Å². The maximum Gasteiger partial charge on any atom is 0.150 e. The SMILES string of the molecule is CNCC1(Cc2cc(F)ccc2F)CCS(=O)(=O)C1. The summed E-state index contributed by atoms with van der Waals surface area (Å²) in [6.07, 6.45) is 0.711. The molecule has 19 heavy (non-hydrogen) atoms. The first-order valence-corrected chi connectivity index (χ1v) is 7.97.